The third kappa shape index (κ3) is 4.32. The lowest BCUT2D eigenvalue weighted by Crippen LogP contribution is -2.35. The van der Waals surface area contributed by atoms with Crippen molar-refractivity contribution < 1.29 is 18.0 Å². The van der Waals surface area contributed by atoms with Gasteiger partial charge in [-0.05, 0) is 23.8 Å². The van der Waals surface area contributed by atoms with Crippen molar-refractivity contribution >= 4 is 6.29 Å². The van der Waals surface area contributed by atoms with E-state index >= 15 is 0 Å². The number of hydrogen-bond acceptors (Lipinski definition) is 4. The van der Waals surface area contributed by atoms with Crippen molar-refractivity contribution in [3.63, 3.8) is 0 Å². The fourth-order valence-electron chi connectivity index (χ4n) is 2.95. The Morgan fingerprint density at radius 2 is 1.90 bits per heavy atom. The Bertz CT molecular complexity index is 1180. The summed E-state index contributed by atoms with van der Waals surface area (Å²) >= 11 is 0. The molecule has 0 aliphatic heterocycles. The summed E-state index contributed by atoms with van der Waals surface area (Å²) in [5, 5.41) is 7.90. The highest BCUT2D eigenvalue weighted by Crippen LogP contribution is 2.24. The van der Waals surface area contributed by atoms with Gasteiger partial charge < -0.3 is 4.57 Å². The van der Waals surface area contributed by atoms with E-state index in [0.717, 1.165) is 10.1 Å². The molecule has 10 heteroatoms. The lowest BCUT2D eigenvalue weighted by molar-refractivity contribution is -0.207. The Morgan fingerprint density at radius 1 is 1.13 bits per heavy atom. The van der Waals surface area contributed by atoms with Gasteiger partial charge in [0.25, 0.3) is 0 Å². The van der Waals surface area contributed by atoms with Crippen LogP contribution in [-0.4, -0.2) is 30.2 Å². The normalized spacial score (nSPS) is 12.3. The first-order chi connectivity index (χ1) is 14.2. The van der Waals surface area contributed by atoms with Crippen LogP contribution in [0.25, 0.3) is 5.69 Å². The van der Waals surface area contributed by atoms with E-state index in [-0.39, 0.29) is 23.5 Å². The molecule has 0 bridgehead atoms. The highest BCUT2D eigenvalue weighted by atomic mass is 19.4. The summed E-state index contributed by atoms with van der Waals surface area (Å²) in [6, 6.07) is 10.5. The molecule has 2 aromatic heterocycles. The first-order valence-corrected chi connectivity index (χ1v) is 8.87. The quantitative estimate of drug-likeness (QED) is 0.611. The van der Waals surface area contributed by atoms with Crippen LogP contribution in [0.15, 0.2) is 66.0 Å². The maximum atomic E-state index is 13.5. The van der Waals surface area contributed by atoms with Crippen molar-refractivity contribution in [3.05, 3.63) is 88.6 Å². The Kier molecular flexibility index (Phi) is 5.86. The van der Waals surface area contributed by atoms with Gasteiger partial charge in [0.2, 0.25) is 0 Å². The molecule has 0 aliphatic rings. The topological polar surface area (TPSA) is 74.7 Å². The van der Waals surface area contributed by atoms with Gasteiger partial charge in [0.15, 0.2) is 6.29 Å². The molecule has 0 unspecified atom stereocenters. The van der Waals surface area contributed by atoms with Gasteiger partial charge >= 0.3 is 12.0 Å². The minimum atomic E-state index is -5.01. The van der Waals surface area contributed by atoms with Gasteiger partial charge in [-0.2, -0.15) is 0 Å². The second-order valence-electron chi connectivity index (χ2n) is 6.55. The highest BCUT2D eigenvalue weighted by molar-refractivity contribution is 5.73. The van der Waals surface area contributed by atoms with Crippen LogP contribution in [0.2, 0.25) is 0 Å². The van der Waals surface area contributed by atoms with Crippen molar-refractivity contribution in [3.8, 4) is 5.69 Å². The van der Waals surface area contributed by atoms with Crippen molar-refractivity contribution in [1.29, 1.82) is 0 Å². The molecule has 0 spiro atoms. The summed E-state index contributed by atoms with van der Waals surface area (Å²) in [5.41, 5.74) is -0.696. The lowest BCUT2D eigenvalue weighted by atomic mass is 10.00. The number of halogens is 3. The molecular weight excluding hydrogens is 399 g/mol. The first kappa shape index (κ1) is 21.0. The fourth-order valence-corrected chi connectivity index (χ4v) is 2.95. The highest BCUT2D eigenvalue weighted by Gasteiger charge is 2.32. The van der Waals surface area contributed by atoms with Crippen LogP contribution < -0.4 is 5.69 Å². The molecule has 2 heterocycles. The largest absolute Gasteiger partial charge is 0.492 e. The van der Waals surface area contributed by atoms with E-state index in [1.165, 1.54) is 30.5 Å². The standard InChI is InChI=1S/C20H18F3N5O2/c1-14(18-25-24-13-26(18)2)16-7-5-8-17(10-16)27-9-4-3-6-15(12-29)11-28(19(27)30)20(21,22)23/h3-14H,1-2H3/t14-/m1/s1. The molecule has 0 N–H and O–H groups in total. The number of benzene rings is 1. The molecule has 30 heavy (non-hydrogen) atoms. The Hall–Kier alpha value is -3.69. The van der Waals surface area contributed by atoms with Crippen LogP contribution in [0.4, 0.5) is 13.2 Å². The third-order valence-electron chi connectivity index (χ3n) is 4.52. The number of aldehydes is 1. The van der Waals surface area contributed by atoms with Crippen molar-refractivity contribution in [2.45, 2.75) is 19.1 Å². The van der Waals surface area contributed by atoms with E-state index in [1.54, 1.807) is 36.1 Å². The first-order valence-electron chi connectivity index (χ1n) is 8.87. The summed E-state index contributed by atoms with van der Waals surface area (Å²) in [7, 11) is 1.79. The predicted molar refractivity (Wildman–Crippen MR) is 103 cm³/mol. The Labute approximate surface area is 169 Å². The fraction of sp³-hybridized carbons (Fsp3) is 0.200. The molecule has 156 valence electrons. The predicted octanol–water partition coefficient (Wildman–Crippen LogP) is 3.33. The third-order valence-corrected chi connectivity index (χ3v) is 4.52. The van der Waals surface area contributed by atoms with Gasteiger partial charge in [0, 0.05) is 30.9 Å². The molecule has 7 nitrogen and oxygen atoms in total. The van der Waals surface area contributed by atoms with Gasteiger partial charge in [0.05, 0.1) is 5.69 Å². The molecule has 0 amide bonds. The lowest BCUT2D eigenvalue weighted by Gasteiger charge is -2.14. The average molecular weight is 417 g/mol. The van der Waals surface area contributed by atoms with E-state index in [9.17, 15) is 22.8 Å². The number of carbonyl (C=O) groups is 1. The van der Waals surface area contributed by atoms with Crippen molar-refractivity contribution in [1.82, 2.24) is 23.9 Å². The summed E-state index contributed by atoms with van der Waals surface area (Å²) in [6.45, 7) is 1.88. The Morgan fingerprint density at radius 3 is 2.53 bits per heavy atom. The van der Waals surface area contributed by atoms with Gasteiger partial charge in [-0.3, -0.25) is 9.36 Å². The van der Waals surface area contributed by atoms with Crippen molar-refractivity contribution in [2.24, 2.45) is 7.05 Å². The van der Waals surface area contributed by atoms with Crippen LogP contribution in [0.5, 0.6) is 0 Å². The number of nitrogens with zero attached hydrogens (tertiary/aromatic N) is 5. The molecule has 0 saturated carbocycles. The SMILES string of the molecule is C[C@H](c1cccc(-n2ccccc(C=O)cn(C(F)(F)F)c2=O)c1)c1nncn1C. The van der Waals surface area contributed by atoms with Crippen LogP contribution in [-0.2, 0) is 13.3 Å². The molecule has 3 aromatic rings. The molecule has 0 saturated heterocycles. The molecule has 0 fully saturated rings. The summed E-state index contributed by atoms with van der Waals surface area (Å²) in [4.78, 5) is 23.8. The number of carbonyl (C=O) groups excluding carboxylic acids is 1. The van der Waals surface area contributed by atoms with E-state index < -0.39 is 16.6 Å². The number of aromatic nitrogens is 5. The monoisotopic (exact) mass is 417 g/mol. The molecule has 1 aromatic carbocycles. The molecule has 0 radical (unpaired) electrons. The van der Waals surface area contributed by atoms with E-state index in [1.807, 2.05) is 6.92 Å². The van der Waals surface area contributed by atoms with Gasteiger partial charge in [-0.1, -0.05) is 31.2 Å². The summed E-state index contributed by atoms with van der Waals surface area (Å²) in [6.07, 6.45) is -1.54. The van der Waals surface area contributed by atoms with Crippen LogP contribution in [0.1, 0.15) is 34.6 Å². The summed E-state index contributed by atoms with van der Waals surface area (Å²) in [5.74, 6) is 0.450. The Balaban J connectivity index is 2.23. The molecule has 0 aliphatic carbocycles. The summed E-state index contributed by atoms with van der Waals surface area (Å²) < 4.78 is 42.8. The minimum absolute atomic E-state index is 0.214. The number of hydrogen-bond donors (Lipinski definition) is 0. The van der Waals surface area contributed by atoms with Crippen LogP contribution in [0, 0.1) is 0 Å². The molecule has 1 atom stereocenters. The van der Waals surface area contributed by atoms with Gasteiger partial charge in [-0.15, -0.1) is 23.4 Å². The van der Waals surface area contributed by atoms with E-state index in [2.05, 4.69) is 10.2 Å². The number of alkyl halides is 3. The number of rotatable bonds is 4. The van der Waals surface area contributed by atoms with E-state index in [0.29, 0.717) is 12.0 Å². The number of aryl methyl sites for hydroxylation is 1. The average Bonchev–Trinajstić information content (AvgIpc) is 3.16. The van der Waals surface area contributed by atoms with Crippen molar-refractivity contribution in [2.75, 3.05) is 0 Å². The van der Waals surface area contributed by atoms with Crippen LogP contribution >= 0.6 is 0 Å². The maximum Gasteiger partial charge on any atom is 0.492 e. The van der Waals surface area contributed by atoms with E-state index in [4.69, 9.17) is 0 Å². The second kappa shape index (κ2) is 8.36. The van der Waals surface area contributed by atoms with Gasteiger partial charge in [0.1, 0.15) is 12.2 Å². The molecule has 3 rings (SSSR count). The molecular formula is C20H18F3N5O2. The minimum Gasteiger partial charge on any atom is -0.320 e. The van der Waals surface area contributed by atoms with Gasteiger partial charge in [-0.25, -0.2) is 9.36 Å². The zero-order valence-electron chi connectivity index (χ0n) is 16.1. The maximum absolute atomic E-state index is 13.5. The zero-order chi connectivity index (χ0) is 21.9. The zero-order valence-corrected chi connectivity index (χ0v) is 16.1. The smallest absolute Gasteiger partial charge is 0.320 e. The second-order valence-corrected chi connectivity index (χ2v) is 6.55. The van der Waals surface area contributed by atoms with Crippen LogP contribution in [0.3, 0.4) is 0 Å².